The second-order valence-corrected chi connectivity index (χ2v) is 10.0. The summed E-state index contributed by atoms with van der Waals surface area (Å²) in [6.45, 7) is 10.6. The molecule has 0 unspecified atom stereocenters. The molecule has 6 rings (SSSR count). The molecule has 0 bridgehead atoms. The highest BCUT2D eigenvalue weighted by molar-refractivity contribution is 14.1. The molecule has 0 atom stereocenters. The zero-order chi connectivity index (χ0) is 25.3. The molecular weight excluding hydrogens is 587 g/mol. The number of ether oxygens (including phenoxy) is 4. The summed E-state index contributed by atoms with van der Waals surface area (Å²) in [4.78, 5) is 4.72. The lowest BCUT2D eigenvalue weighted by molar-refractivity contribution is 0.0321. The van der Waals surface area contributed by atoms with Gasteiger partial charge in [0.15, 0.2) is 0 Å². The Morgan fingerprint density at radius 3 is 1.97 bits per heavy atom. The molecular formula is C26H33IN6O4. The van der Waals surface area contributed by atoms with Crippen molar-refractivity contribution in [2.75, 3.05) is 78.9 Å². The van der Waals surface area contributed by atoms with Gasteiger partial charge in [0.1, 0.15) is 24.7 Å². The Bertz CT molecular complexity index is 1250. The van der Waals surface area contributed by atoms with Crippen LogP contribution in [0.4, 0.5) is 0 Å². The Hall–Kier alpha value is -2.45. The minimum Gasteiger partial charge on any atom is -0.491 e. The van der Waals surface area contributed by atoms with Gasteiger partial charge in [0, 0.05) is 45.5 Å². The summed E-state index contributed by atoms with van der Waals surface area (Å²) >= 11 is 2.28. The summed E-state index contributed by atoms with van der Waals surface area (Å²) in [5.74, 6) is 1.72. The molecule has 4 aromatic rings. The van der Waals surface area contributed by atoms with Gasteiger partial charge in [-0.05, 0) is 52.9 Å². The van der Waals surface area contributed by atoms with Crippen LogP contribution in [-0.4, -0.2) is 108 Å². The van der Waals surface area contributed by atoms with Crippen LogP contribution in [0.3, 0.4) is 0 Å². The second-order valence-electron chi connectivity index (χ2n) is 8.86. The lowest BCUT2D eigenvalue weighted by Crippen LogP contribution is -2.38. The predicted molar refractivity (Wildman–Crippen MR) is 149 cm³/mol. The van der Waals surface area contributed by atoms with Gasteiger partial charge in [-0.2, -0.15) is 10.2 Å². The highest BCUT2D eigenvalue weighted by Crippen LogP contribution is 2.17. The van der Waals surface area contributed by atoms with Crippen LogP contribution in [0.2, 0.25) is 0 Å². The molecule has 2 aliphatic rings. The Balaban J connectivity index is 0.000000152. The molecule has 0 radical (unpaired) electrons. The van der Waals surface area contributed by atoms with E-state index in [4.69, 9.17) is 18.9 Å². The summed E-state index contributed by atoms with van der Waals surface area (Å²) in [7, 11) is 0. The number of rotatable bonds is 8. The number of aromatic nitrogens is 4. The van der Waals surface area contributed by atoms with E-state index in [0.717, 1.165) is 91.8 Å². The first-order valence-corrected chi connectivity index (χ1v) is 13.7. The smallest absolute Gasteiger partial charge is 0.137 e. The zero-order valence-electron chi connectivity index (χ0n) is 20.9. The molecule has 37 heavy (non-hydrogen) atoms. The lowest BCUT2D eigenvalue weighted by atomic mass is 10.4. The van der Waals surface area contributed by atoms with Gasteiger partial charge in [0.2, 0.25) is 0 Å². The van der Waals surface area contributed by atoms with E-state index >= 15 is 0 Å². The van der Waals surface area contributed by atoms with Crippen molar-refractivity contribution in [3.63, 3.8) is 0 Å². The number of morpholine rings is 2. The van der Waals surface area contributed by atoms with Crippen molar-refractivity contribution >= 4 is 33.6 Å². The van der Waals surface area contributed by atoms with Gasteiger partial charge in [0.05, 0.1) is 59.6 Å². The van der Waals surface area contributed by atoms with Crippen molar-refractivity contribution in [2.45, 2.75) is 0 Å². The average molecular weight is 620 g/mol. The van der Waals surface area contributed by atoms with Crippen LogP contribution in [0.25, 0.3) is 11.0 Å². The van der Waals surface area contributed by atoms with Crippen molar-refractivity contribution < 1.29 is 18.9 Å². The van der Waals surface area contributed by atoms with Crippen LogP contribution < -0.4 is 9.47 Å². The first kappa shape index (κ1) is 26.2. The van der Waals surface area contributed by atoms with Gasteiger partial charge in [0.25, 0.3) is 0 Å². The van der Waals surface area contributed by atoms with Crippen LogP contribution in [0.15, 0.2) is 55.1 Å². The lowest BCUT2D eigenvalue weighted by Gasteiger charge is -2.26. The quantitative estimate of drug-likeness (QED) is 0.279. The molecule has 0 aliphatic carbocycles. The van der Waals surface area contributed by atoms with Crippen LogP contribution in [-0.2, 0) is 9.47 Å². The second kappa shape index (κ2) is 13.4. The first-order valence-electron chi connectivity index (χ1n) is 12.7. The summed E-state index contributed by atoms with van der Waals surface area (Å²) in [5.41, 5.74) is 2.19. The molecule has 10 nitrogen and oxygen atoms in total. The van der Waals surface area contributed by atoms with Crippen molar-refractivity contribution in [2.24, 2.45) is 0 Å². The van der Waals surface area contributed by atoms with Crippen molar-refractivity contribution in [3.05, 3.63) is 58.7 Å². The van der Waals surface area contributed by atoms with Crippen molar-refractivity contribution in [1.82, 2.24) is 29.0 Å². The Morgan fingerprint density at radius 2 is 1.32 bits per heavy atom. The van der Waals surface area contributed by atoms with Crippen LogP contribution in [0.5, 0.6) is 11.5 Å². The normalized spacial score (nSPS) is 17.0. The molecule has 6 heterocycles. The van der Waals surface area contributed by atoms with Gasteiger partial charge >= 0.3 is 0 Å². The van der Waals surface area contributed by atoms with Gasteiger partial charge < -0.3 is 18.9 Å². The highest BCUT2D eigenvalue weighted by atomic mass is 127. The molecule has 0 aromatic carbocycles. The SMILES string of the molecule is Ic1cnn2cc(OCCN3CCOCC3)ccc12.c1cc2ccc(OCCN3CCOCC3)cn2n1. The topological polar surface area (TPSA) is 78.0 Å². The third-order valence-corrected chi connectivity index (χ3v) is 7.20. The van der Waals surface area contributed by atoms with E-state index in [1.54, 1.807) is 6.20 Å². The Labute approximate surface area is 230 Å². The number of hydrogen-bond acceptors (Lipinski definition) is 8. The largest absolute Gasteiger partial charge is 0.491 e. The van der Waals surface area contributed by atoms with E-state index in [0.29, 0.717) is 13.2 Å². The van der Waals surface area contributed by atoms with Crippen LogP contribution in [0.1, 0.15) is 0 Å². The maximum atomic E-state index is 5.78. The summed E-state index contributed by atoms with van der Waals surface area (Å²) in [6, 6.07) is 10.0. The van der Waals surface area contributed by atoms with E-state index in [1.807, 2.05) is 58.0 Å². The van der Waals surface area contributed by atoms with E-state index in [-0.39, 0.29) is 0 Å². The van der Waals surface area contributed by atoms with E-state index in [2.05, 4.69) is 42.6 Å². The number of halogens is 1. The molecule has 0 amide bonds. The average Bonchev–Trinajstić information content (AvgIpc) is 3.56. The van der Waals surface area contributed by atoms with Gasteiger partial charge in [-0.25, -0.2) is 9.03 Å². The molecule has 2 saturated heterocycles. The highest BCUT2D eigenvalue weighted by Gasteiger charge is 2.11. The van der Waals surface area contributed by atoms with E-state index in [9.17, 15) is 0 Å². The van der Waals surface area contributed by atoms with Crippen LogP contribution >= 0.6 is 22.6 Å². The van der Waals surface area contributed by atoms with Crippen molar-refractivity contribution in [3.8, 4) is 11.5 Å². The molecule has 11 heteroatoms. The molecule has 0 N–H and O–H groups in total. The third kappa shape index (κ3) is 7.54. The summed E-state index contributed by atoms with van der Waals surface area (Å²) < 4.78 is 27.0. The van der Waals surface area contributed by atoms with Crippen LogP contribution in [0, 0.1) is 3.57 Å². The fourth-order valence-electron chi connectivity index (χ4n) is 4.24. The van der Waals surface area contributed by atoms with Crippen molar-refractivity contribution in [1.29, 1.82) is 0 Å². The monoisotopic (exact) mass is 620 g/mol. The maximum Gasteiger partial charge on any atom is 0.137 e. The fourth-order valence-corrected chi connectivity index (χ4v) is 4.79. The minimum atomic E-state index is 0.698. The standard InChI is InChI=1S/C13H16IN3O2.C13H17N3O2/c14-12-9-15-17-10-11(1-2-13(12)17)19-8-5-16-3-6-18-7-4-16;1-2-13(11-16-12(1)3-4-14-16)18-10-7-15-5-8-17-9-6-15/h1-2,9-10H,3-8H2;1-4,11H,5-10H2. The summed E-state index contributed by atoms with van der Waals surface area (Å²) in [6.07, 6.45) is 7.48. The molecule has 198 valence electrons. The molecule has 2 aliphatic heterocycles. The predicted octanol–water partition coefficient (Wildman–Crippen LogP) is 2.70. The van der Waals surface area contributed by atoms with Gasteiger partial charge in [-0.1, -0.05) is 0 Å². The van der Waals surface area contributed by atoms with E-state index < -0.39 is 0 Å². The molecule has 4 aromatic heterocycles. The molecule has 0 spiro atoms. The third-order valence-electron chi connectivity index (χ3n) is 6.37. The number of hydrogen-bond donors (Lipinski definition) is 0. The van der Waals surface area contributed by atoms with Gasteiger partial charge in [-0.15, -0.1) is 0 Å². The number of fused-ring (bicyclic) bond motifs is 2. The first-order chi connectivity index (χ1) is 18.2. The summed E-state index contributed by atoms with van der Waals surface area (Å²) in [5, 5.41) is 8.47. The molecule has 0 saturated carbocycles. The molecule has 2 fully saturated rings. The minimum absolute atomic E-state index is 0.698. The Morgan fingerprint density at radius 1 is 0.730 bits per heavy atom. The number of pyridine rings is 2. The Kier molecular flexibility index (Phi) is 9.46. The van der Waals surface area contributed by atoms with Gasteiger partial charge in [-0.3, -0.25) is 9.80 Å². The number of nitrogens with zero attached hydrogens (tertiary/aromatic N) is 6. The fraction of sp³-hybridized carbons (Fsp3) is 0.462. The zero-order valence-corrected chi connectivity index (χ0v) is 23.0. The van der Waals surface area contributed by atoms with E-state index in [1.165, 1.54) is 0 Å². The maximum absolute atomic E-state index is 5.78.